The zero-order valence-electron chi connectivity index (χ0n) is 9.90. The molecule has 0 spiro atoms. The lowest BCUT2D eigenvalue weighted by molar-refractivity contribution is 0.0294. The average molecular weight is 213 g/mol. The van der Waals surface area contributed by atoms with Gasteiger partial charge in [-0.3, -0.25) is 0 Å². The minimum absolute atomic E-state index is 0.301. The number of nitrogens with one attached hydrogen (secondary N) is 1. The second kappa shape index (κ2) is 4.82. The summed E-state index contributed by atoms with van der Waals surface area (Å²) in [5.41, 5.74) is -0.900. The average Bonchev–Trinajstić information content (AvgIpc) is 2.61. The van der Waals surface area contributed by atoms with Crippen LogP contribution in [0.1, 0.15) is 51.9 Å². The molecule has 1 saturated heterocycles. The summed E-state index contributed by atoms with van der Waals surface area (Å²) in [6.07, 6.45) is 8.00. The minimum atomic E-state index is -0.900. The van der Waals surface area contributed by atoms with Crippen LogP contribution in [-0.4, -0.2) is 18.8 Å². The molecule has 15 heavy (non-hydrogen) atoms. The van der Waals surface area contributed by atoms with Crippen LogP contribution in [-0.2, 0) is 0 Å². The maximum absolute atomic E-state index is 14.8. The molecule has 0 aromatic rings. The molecule has 0 aromatic heterocycles. The summed E-state index contributed by atoms with van der Waals surface area (Å²) < 4.78 is 14.8. The third-order valence-corrected chi connectivity index (χ3v) is 4.53. The van der Waals surface area contributed by atoms with Gasteiger partial charge in [0.05, 0.1) is 0 Å². The predicted molar refractivity (Wildman–Crippen MR) is 61.7 cm³/mol. The van der Waals surface area contributed by atoms with E-state index in [1.807, 2.05) is 6.92 Å². The lowest BCUT2D eigenvalue weighted by Gasteiger charge is -2.35. The van der Waals surface area contributed by atoms with Crippen molar-refractivity contribution in [3.05, 3.63) is 0 Å². The first kappa shape index (κ1) is 11.4. The van der Waals surface area contributed by atoms with Crippen molar-refractivity contribution >= 4 is 0 Å². The predicted octanol–water partition coefficient (Wildman–Crippen LogP) is 3.29. The van der Waals surface area contributed by atoms with Crippen molar-refractivity contribution in [2.75, 3.05) is 13.1 Å². The van der Waals surface area contributed by atoms with Gasteiger partial charge in [0.15, 0.2) is 0 Å². The number of alkyl halides is 1. The number of rotatable bonds is 2. The number of hydrogen-bond donors (Lipinski definition) is 1. The van der Waals surface area contributed by atoms with E-state index in [0.717, 1.165) is 45.2 Å². The fourth-order valence-corrected chi connectivity index (χ4v) is 3.41. The summed E-state index contributed by atoms with van der Waals surface area (Å²) in [6, 6.07) is 0. The molecule has 1 aliphatic heterocycles. The van der Waals surface area contributed by atoms with Gasteiger partial charge in [0.1, 0.15) is 5.67 Å². The molecule has 0 radical (unpaired) electrons. The fourth-order valence-electron chi connectivity index (χ4n) is 3.41. The molecule has 0 amide bonds. The van der Waals surface area contributed by atoms with E-state index >= 15 is 0 Å². The lowest BCUT2D eigenvalue weighted by atomic mass is 9.75. The van der Waals surface area contributed by atoms with Gasteiger partial charge in [-0.05, 0) is 64.0 Å². The molecule has 0 bridgehead atoms. The Bertz CT molecular complexity index is 189. The molecule has 2 unspecified atom stereocenters. The third kappa shape index (κ3) is 2.52. The zero-order valence-corrected chi connectivity index (χ0v) is 9.90. The second-order valence-corrected chi connectivity index (χ2v) is 5.51. The van der Waals surface area contributed by atoms with Crippen molar-refractivity contribution in [2.24, 2.45) is 11.8 Å². The monoisotopic (exact) mass is 213 g/mol. The van der Waals surface area contributed by atoms with Crippen molar-refractivity contribution < 1.29 is 4.39 Å². The summed E-state index contributed by atoms with van der Waals surface area (Å²) in [6.45, 7) is 3.97. The van der Waals surface area contributed by atoms with E-state index in [1.54, 1.807) is 0 Å². The largest absolute Gasteiger partial charge is 0.317 e. The van der Waals surface area contributed by atoms with Gasteiger partial charge in [0, 0.05) is 0 Å². The standard InChI is InChI=1S/C13H24FN/c1-13(14,11-5-2-3-6-11)12-7-4-9-15-10-8-12/h11-12,15H,2-10H2,1H3. The first-order valence-corrected chi connectivity index (χ1v) is 6.61. The Labute approximate surface area is 92.8 Å². The summed E-state index contributed by atoms with van der Waals surface area (Å²) >= 11 is 0. The molecule has 2 heteroatoms. The smallest absolute Gasteiger partial charge is 0.113 e. The molecule has 88 valence electrons. The van der Waals surface area contributed by atoms with Crippen LogP contribution in [0.15, 0.2) is 0 Å². The molecule has 1 aliphatic carbocycles. The van der Waals surface area contributed by atoms with E-state index in [-0.39, 0.29) is 0 Å². The van der Waals surface area contributed by atoms with Gasteiger partial charge in [-0.25, -0.2) is 4.39 Å². The molecule has 2 atom stereocenters. The van der Waals surface area contributed by atoms with E-state index < -0.39 is 5.67 Å². The second-order valence-electron chi connectivity index (χ2n) is 5.51. The quantitative estimate of drug-likeness (QED) is 0.742. The van der Waals surface area contributed by atoms with E-state index in [2.05, 4.69) is 5.32 Å². The highest BCUT2D eigenvalue weighted by Crippen LogP contribution is 2.43. The van der Waals surface area contributed by atoms with Crippen molar-refractivity contribution in [1.29, 1.82) is 0 Å². The molecule has 1 heterocycles. The van der Waals surface area contributed by atoms with E-state index in [4.69, 9.17) is 0 Å². The van der Waals surface area contributed by atoms with Gasteiger partial charge < -0.3 is 5.32 Å². The minimum Gasteiger partial charge on any atom is -0.317 e. The normalized spacial score (nSPS) is 33.6. The molecule has 1 saturated carbocycles. The van der Waals surface area contributed by atoms with Crippen molar-refractivity contribution in [3.8, 4) is 0 Å². The molecule has 2 rings (SSSR count). The highest BCUT2D eigenvalue weighted by molar-refractivity contribution is 4.92. The van der Waals surface area contributed by atoms with Gasteiger partial charge in [0.25, 0.3) is 0 Å². The Hall–Kier alpha value is -0.110. The van der Waals surface area contributed by atoms with Gasteiger partial charge in [-0.2, -0.15) is 0 Å². The topological polar surface area (TPSA) is 12.0 Å². The van der Waals surface area contributed by atoms with Crippen LogP contribution in [0.2, 0.25) is 0 Å². The van der Waals surface area contributed by atoms with Crippen molar-refractivity contribution in [2.45, 2.75) is 57.5 Å². The molecule has 1 nitrogen and oxygen atoms in total. The van der Waals surface area contributed by atoms with E-state index in [0.29, 0.717) is 11.8 Å². The van der Waals surface area contributed by atoms with E-state index in [9.17, 15) is 4.39 Å². The summed E-state index contributed by atoms with van der Waals surface area (Å²) in [7, 11) is 0. The van der Waals surface area contributed by atoms with Crippen LogP contribution in [0.25, 0.3) is 0 Å². The van der Waals surface area contributed by atoms with Crippen LogP contribution in [0.3, 0.4) is 0 Å². The lowest BCUT2D eigenvalue weighted by Crippen LogP contribution is -2.37. The van der Waals surface area contributed by atoms with Crippen LogP contribution in [0, 0.1) is 11.8 Å². The van der Waals surface area contributed by atoms with Crippen LogP contribution < -0.4 is 5.32 Å². The zero-order chi connectivity index (χ0) is 10.7. The highest BCUT2D eigenvalue weighted by atomic mass is 19.1. The Kier molecular flexibility index (Phi) is 3.65. The van der Waals surface area contributed by atoms with Gasteiger partial charge >= 0.3 is 0 Å². The maximum atomic E-state index is 14.8. The number of halogens is 1. The Morgan fingerprint density at radius 2 is 1.53 bits per heavy atom. The first-order valence-electron chi connectivity index (χ1n) is 6.61. The van der Waals surface area contributed by atoms with Crippen LogP contribution in [0.4, 0.5) is 4.39 Å². The third-order valence-electron chi connectivity index (χ3n) is 4.53. The summed E-state index contributed by atoms with van der Waals surface area (Å²) in [4.78, 5) is 0. The van der Waals surface area contributed by atoms with Crippen molar-refractivity contribution in [3.63, 3.8) is 0 Å². The van der Waals surface area contributed by atoms with Gasteiger partial charge in [-0.15, -0.1) is 0 Å². The summed E-state index contributed by atoms with van der Waals surface area (Å²) in [5, 5.41) is 3.37. The molecular formula is C13H24FN. The summed E-state index contributed by atoms with van der Waals surface area (Å²) in [5.74, 6) is 0.649. The molecule has 1 N–H and O–H groups in total. The van der Waals surface area contributed by atoms with Crippen LogP contribution >= 0.6 is 0 Å². The van der Waals surface area contributed by atoms with E-state index in [1.165, 1.54) is 12.8 Å². The fraction of sp³-hybridized carbons (Fsp3) is 1.00. The van der Waals surface area contributed by atoms with Gasteiger partial charge in [0.2, 0.25) is 0 Å². The maximum Gasteiger partial charge on any atom is 0.113 e. The van der Waals surface area contributed by atoms with Crippen molar-refractivity contribution in [1.82, 2.24) is 5.32 Å². The molecule has 0 aromatic carbocycles. The highest BCUT2D eigenvalue weighted by Gasteiger charge is 2.42. The molecular weight excluding hydrogens is 189 g/mol. The Morgan fingerprint density at radius 3 is 2.27 bits per heavy atom. The first-order chi connectivity index (χ1) is 7.21. The SMILES string of the molecule is CC(F)(C1CCCC1)C1CCCNCC1. The van der Waals surface area contributed by atoms with Gasteiger partial charge in [-0.1, -0.05) is 12.8 Å². The van der Waals surface area contributed by atoms with Crippen LogP contribution in [0.5, 0.6) is 0 Å². The number of hydrogen-bond acceptors (Lipinski definition) is 1. The Morgan fingerprint density at radius 1 is 0.933 bits per heavy atom. The Balaban J connectivity index is 1.98. The molecule has 2 aliphatic rings. The molecule has 2 fully saturated rings.